The highest BCUT2D eigenvalue weighted by molar-refractivity contribution is 5.88. The lowest BCUT2D eigenvalue weighted by Gasteiger charge is -2.24. The van der Waals surface area contributed by atoms with Gasteiger partial charge < -0.3 is 18.6 Å². The van der Waals surface area contributed by atoms with Crippen molar-refractivity contribution in [1.29, 1.82) is 0 Å². The molecule has 1 N–H and O–H groups in total. The van der Waals surface area contributed by atoms with Crippen molar-refractivity contribution >= 4 is 18.1 Å². The minimum Gasteiger partial charge on any atom is -0.485 e. The highest BCUT2D eigenvalue weighted by atomic mass is 16.6. The van der Waals surface area contributed by atoms with E-state index >= 15 is 0 Å². The number of hydrogen-bond acceptors (Lipinski definition) is 7. The third-order valence-electron chi connectivity index (χ3n) is 4.00. The molecule has 146 valence electrons. The van der Waals surface area contributed by atoms with Crippen LogP contribution < -0.4 is 19.6 Å². The molecule has 0 unspecified atom stereocenters. The van der Waals surface area contributed by atoms with E-state index in [2.05, 4.69) is 10.5 Å². The molecule has 3 aromatic rings. The summed E-state index contributed by atoms with van der Waals surface area (Å²) in [5.74, 6) is 0.601. The highest BCUT2D eigenvalue weighted by Gasteiger charge is 2.26. The second-order valence-electron chi connectivity index (χ2n) is 6.03. The monoisotopic (exact) mass is 392 g/mol. The Morgan fingerprint density at radius 3 is 2.59 bits per heavy atom. The van der Waals surface area contributed by atoms with Gasteiger partial charge in [0, 0.05) is 0 Å². The number of nitrogens with one attached hydrogen (secondary N) is 1. The topological polar surface area (TPSA) is 99.4 Å². The molecule has 8 nitrogen and oxygen atoms in total. The lowest BCUT2D eigenvalue weighted by molar-refractivity contribution is -0.130. The molecule has 0 radical (unpaired) electrons. The number of ether oxygens (including phenoxy) is 3. The fourth-order valence-corrected chi connectivity index (χ4v) is 2.57. The summed E-state index contributed by atoms with van der Waals surface area (Å²) in [5, 5.41) is 3.92. The summed E-state index contributed by atoms with van der Waals surface area (Å²) in [7, 11) is 0. The van der Waals surface area contributed by atoms with Crippen LogP contribution in [0.4, 0.5) is 0 Å². The lowest BCUT2D eigenvalue weighted by Crippen LogP contribution is -2.42. The van der Waals surface area contributed by atoms with Crippen LogP contribution in [0.1, 0.15) is 16.1 Å². The molecule has 0 saturated carbocycles. The Hall–Kier alpha value is -4.07. The van der Waals surface area contributed by atoms with Crippen molar-refractivity contribution in [2.45, 2.75) is 6.10 Å². The minimum atomic E-state index is -0.787. The molecule has 2 heterocycles. The summed E-state index contributed by atoms with van der Waals surface area (Å²) in [6.07, 6.45) is 2.08. The minimum absolute atomic E-state index is 0.105. The fourth-order valence-electron chi connectivity index (χ4n) is 2.57. The van der Waals surface area contributed by atoms with Crippen LogP contribution in [0.5, 0.6) is 17.2 Å². The van der Waals surface area contributed by atoms with E-state index in [0.29, 0.717) is 22.8 Å². The fraction of sp³-hybridized carbons (Fsp3) is 0.0952. The SMILES string of the molecule is O=C(Oc1ccc(C=NNC(=O)[C@H]2COc3ccccc3O2)cc1)c1ccco1. The molecule has 1 aliphatic rings. The third kappa shape index (κ3) is 4.44. The van der Waals surface area contributed by atoms with Crippen LogP contribution in [0.3, 0.4) is 0 Å². The average Bonchev–Trinajstić information content (AvgIpc) is 3.30. The number of carbonyl (C=O) groups is 2. The smallest absolute Gasteiger partial charge is 0.379 e. The number of amides is 1. The number of carbonyl (C=O) groups excluding carboxylic acids is 2. The van der Waals surface area contributed by atoms with Crippen LogP contribution in [-0.4, -0.2) is 30.8 Å². The number of benzene rings is 2. The van der Waals surface area contributed by atoms with Gasteiger partial charge in [0.05, 0.1) is 12.5 Å². The number of hydrogen-bond donors (Lipinski definition) is 1. The van der Waals surface area contributed by atoms with Crippen molar-refractivity contribution in [1.82, 2.24) is 5.43 Å². The van der Waals surface area contributed by atoms with Crippen molar-refractivity contribution < 1.29 is 28.2 Å². The van der Waals surface area contributed by atoms with E-state index in [1.807, 2.05) is 6.07 Å². The number of esters is 1. The van der Waals surface area contributed by atoms with E-state index < -0.39 is 18.0 Å². The molecule has 0 spiro atoms. The van der Waals surface area contributed by atoms with Crippen LogP contribution >= 0.6 is 0 Å². The lowest BCUT2D eigenvalue weighted by atomic mass is 10.2. The number of furan rings is 1. The van der Waals surface area contributed by atoms with Crippen molar-refractivity contribution in [3.8, 4) is 17.2 Å². The van der Waals surface area contributed by atoms with Gasteiger partial charge >= 0.3 is 5.97 Å². The maximum Gasteiger partial charge on any atom is 0.379 e. The van der Waals surface area contributed by atoms with Gasteiger partial charge in [-0.1, -0.05) is 12.1 Å². The first-order valence-electron chi connectivity index (χ1n) is 8.76. The molecule has 0 aliphatic carbocycles. The van der Waals surface area contributed by atoms with E-state index in [0.717, 1.165) is 0 Å². The van der Waals surface area contributed by atoms with Crippen molar-refractivity contribution in [3.05, 3.63) is 78.3 Å². The first-order valence-corrected chi connectivity index (χ1v) is 8.76. The van der Waals surface area contributed by atoms with Crippen molar-refractivity contribution in [2.24, 2.45) is 5.10 Å². The largest absolute Gasteiger partial charge is 0.485 e. The summed E-state index contributed by atoms with van der Waals surface area (Å²) >= 11 is 0. The Kier molecular flexibility index (Phi) is 5.24. The van der Waals surface area contributed by atoms with E-state index in [4.69, 9.17) is 18.6 Å². The molecular formula is C21H16N2O6. The van der Waals surface area contributed by atoms with Gasteiger partial charge in [-0.05, 0) is 54.1 Å². The number of fused-ring (bicyclic) bond motifs is 1. The standard InChI is InChI=1S/C21H16N2O6/c24-20(19-13-27-16-4-1-2-5-17(16)29-19)23-22-12-14-7-9-15(10-8-14)28-21(25)18-6-3-11-26-18/h1-12,19H,13H2,(H,23,24)/t19-/m1/s1. The number of nitrogens with zero attached hydrogens (tertiary/aromatic N) is 1. The second kappa shape index (κ2) is 8.30. The van der Waals surface area contributed by atoms with Gasteiger partial charge in [-0.25, -0.2) is 10.2 Å². The zero-order chi connectivity index (χ0) is 20.1. The Bertz CT molecular complexity index is 1030. The predicted octanol–water partition coefficient (Wildman–Crippen LogP) is 2.79. The van der Waals surface area contributed by atoms with E-state index in [1.165, 1.54) is 18.5 Å². The molecule has 0 fully saturated rings. The molecule has 0 saturated heterocycles. The molecule has 1 amide bonds. The van der Waals surface area contributed by atoms with Crippen molar-refractivity contribution in [3.63, 3.8) is 0 Å². The molecule has 2 aromatic carbocycles. The zero-order valence-corrected chi connectivity index (χ0v) is 15.1. The Morgan fingerprint density at radius 1 is 1.03 bits per heavy atom. The van der Waals surface area contributed by atoms with Gasteiger partial charge in [0.1, 0.15) is 12.4 Å². The van der Waals surface area contributed by atoms with Gasteiger partial charge in [0.25, 0.3) is 5.91 Å². The molecule has 1 aromatic heterocycles. The first kappa shape index (κ1) is 18.3. The van der Waals surface area contributed by atoms with Gasteiger partial charge in [0.2, 0.25) is 11.9 Å². The zero-order valence-electron chi connectivity index (χ0n) is 15.1. The summed E-state index contributed by atoms with van der Waals surface area (Å²) in [6, 6.07) is 16.9. The maximum absolute atomic E-state index is 12.2. The molecular weight excluding hydrogens is 376 g/mol. The highest BCUT2D eigenvalue weighted by Crippen LogP contribution is 2.30. The first-order chi connectivity index (χ1) is 14.2. The Balaban J connectivity index is 1.29. The van der Waals surface area contributed by atoms with Gasteiger partial charge in [0.15, 0.2) is 11.5 Å². The predicted molar refractivity (Wildman–Crippen MR) is 102 cm³/mol. The van der Waals surface area contributed by atoms with Crippen LogP contribution in [0.25, 0.3) is 0 Å². The Labute approximate surface area is 165 Å². The summed E-state index contributed by atoms with van der Waals surface area (Å²) in [5.41, 5.74) is 3.13. The molecule has 0 bridgehead atoms. The van der Waals surface area contributed by atoms with Gasteiger partial charge in [-0.2, -0.15) is 5.10 Å². The summed E-state index contributed by atoms with van der Waals surface area (Å²) < 4.78 is 21.3. The maximum atomic E-state index is 12.2. The van der Waals surface area contributed by atoms with Crippen molar-refractivity contribution in [2.75, 3.05) is 6.61 Å². The van der Waals surface area contributed by atoms with Crippen LogP contribution in [0, 0.1) is 0 Å². The van der Waals surface area contributed by atoms with E-state index in [1.54, 1.807) is 48.5 Å². The van der Waals surface area contributed by atoms with Gasteiger partial charge in [-0.15, -0.1) is 0 Å². The van der Waals surface area contributed by atoms with Crippen LogP contribution in [0.15, 0.2) is 76.4 Å². The quantitative estimate of drug-likeness (QED) is 0.310. The second-order valence-corrected chi connectivity index (χ2v) is 6.03. The molecule has 29 heavy (non-hydrogen) atoms. The normalized spacial score (nSPS) is 15.1. The number of rotatable bonds is 5. The molecule has 8 heteroatoms. The summed E-state index contributed by atoms with van der Waals surface area (Å²) in [6.45, 7) is 0.105. The molecule has 1 aliphatic heterocycles. The third-order valence-corrected chi connectivity index (χ3v) is 4.00. The summed E-state index contributed by atoms with van der Waals surface area (Å²) in [4.78, 5) is 24.0. The van der Waals surface area contributed by atoms with Gasteiger partial charge in [-0.3, -0.25) is 4.79 Å². The molecule has 1 atom stereocenters. The Morgan fingerprint density at radius 2 is 1.83 bits per heavy atom. The average molecular weight is 392 g/mol. The number of para-hydroxylation sites is 2. The number of hydrazone groups is 1. The van der Waals surface area contributed by atoms with E-state index in [-0.39, 0.29) is 12.4 Å². The van der Waals surface area contributed by atoms with Crippen LogP contribution in [0.2, 0.25) is 0 Å². The van der Waals surface area contributed by atoms with E-state index in [9.17, 15) is 9.59 Å². The van der Waals surface area contributed by atoms with Crippen LogP contribution in [-0.2, 0) is 4.79 Å². The molecule has 4 rings (SSSR count).